The number of rotatable bonds is 1. The molecule has 0 bridgehead atoms. The molecule has 0 fully saturated rings. The maximum Gasteiger partial charge on any atom is 0.222 e. The molecule has 2 nitrogen and oxygen atoms in total. The minimum absolute atomic E-state index is 0.782. The van der Waals surface area contributed by atoms with Crippen LogP contribution in [0.3, 0.4) is 0 Å². The normalized spacial score (nSPS) is 16.8. The van der Waals surface area contributed by atoms with Gasteiger partial charge < -0.3 is 4.42 Å². The summed E-state index contributed by atoms with van der Waals surface area (Å²) in [7, 11) is 0. The van der Waals surface area contributed by atoms with Crippen molar-refractivity contribution in [2.24, 2.45) is 0 Å². The van der Waals surface area contributed by atoms with Crippen molar-refractivity contribution in [2.45, 2.75) is 26.7 Å². The quantitative estimate of drug-likeness (QED) is 0.655. The van der Waals surface area contributed by atoms with Crippen LogP contribution >= 0.6 is 0 Å². The molecule has 1 aliphatic carbocycles. The van der Waals surface area contributed by atoms with E-state index in [1.807, 2.05) is 6.92 Å². The second-order valence-corrected chi connectivity index (χ2v) is 3.43. The minimum atomic E-state index is 0.782. The third kappa shape index (κ3) is 1.72. The Labute approximate surface area is 78.0 Å². The molecule has 0 saturated heterocycles. The zero-order valence-corrected chi connectivity index (χ0v) is 8.00. The maximum atomic E-state index is 5.46. The highest BCUT2D eigenvalue weighted by Gasteiger charge is 2.10. The lowest BCUT2D eigenvalue weighted by Crippen LogP contribution is -1.90. The van der Waals surface area contributed by atoms with Crippen LogP contribution in [0.5, 0.6) is 0 Å². The van der Waals surface area contributed by atoms with Gasteiger partial charge in [0, 0.05) is 5.57 Å². The molecule has 0 aliphatic heterocycles. The number of hydrogen-bond donors (Lipinski definition) is 0. The van der Waals surface area contributed by atoms with Crippen LogP contribution in [-0.4, -0.2) is 4.98 Å². The van der Waals surface area contributed by atoms with Crippen LogP contribution in [0.4, 0.5) is 0 Å². The zero-order chi connectivity index (χ0) is 9.26. The largest absolute Gasteiger partial charge is 0.442 e. The molecule has 1 aromatic heterocycles. The topological polar surface area (TPSA) is 26.0 Å². The van der Waals surface area contributed by atoms with E-state index in [2.05, 4.69) is 24.1 Å². The highest BCUT2D eigenvalue weighted by atomic mass is 16.4. The Kier molecular flexibility index (Phi) is 2.05. The molecule has 1 heterocycles. The van der Waals surface area contributed by atoms with Crippen molar-refractivity contribution in [1.82, 2.24) is 4.98 Å². The van der Waals surface area contributed by atoms with Crippen LogP contribution in [0, 0.1) is 6.92 Å². The summed E-state index contributed by atoms with van der Waals surface area (Å²) in [5.41, 5.74) is 2.52. The molecule has 0 saturated carbocycles. The molecule has 0 N–H and O–H groups in total. The molecule has 13 heavy (non-hydrogen) atoms. The fourth-order valence-electron chi connectivity index (χ4n) is 1.53. The van der Waals surface area contributed by atoms with Gasteiger partial charge in [-0.25, -0.2) is 4.98 Å². The molecule has 0 spiro atoms. The van der Waals surface area contributed by atoms with Crippen molar-refractivity contribution in [2.75, 3.05) is 0 Å². The van der Waals surface area contributed by atoms with E-state index in [9.17, 15) is 0 Å². The molecule has 1 aliphatic rings. The van der Waals surface area contributed by atoms with Crippen molar-refractivity contribution in [3.8, 4) is 0 Å². The van der Waals surface area contributed by atoms with E-state index in [4.69, 9.17) is 4.42 Å². The summed E-state index contributed by atoms with van der Waals surface area (Å²) in [6.45, 7) is 4.03. The lowest BCUT2D eigenvalue weighted by Gasteiger charge is -2.07. The molecule has 0 unspecified atom stereocenters. The van der Waals surface area contributed by atoms with E-state index in [1.165, 1.54) is 11.1 Å². The number of allylic oxidation sites excluding steroid dienone is 4. The number of aromatic nitrogens is 1. The van der Waals surface area contributed by atoms with Gasteiger partial charge in [0.15, 0.2) is 0 Å². The molecule has 2 heteroatoms. The van der Waals surface area contributed by atoms with E-state index in [-0.39, 0.29) is 0 Å². The van der Waals surface area contributed by atoms with Crippen LogP contribution in [0.1, 0.15) is 31.4 Å². The second-order valence-electron chi connectivity index (χ2n) is 3.43. The summed E-state index contributed by atoms with van der Waals surface area (Å²) in [6.07, 6.45) is 8.29. The van der Waals surface area contributed by atoms with Crippen LogP contribution in [-0.2, 0) is 0 Å². The molecular weight excluding hydrogens is 162 g/mol. The number of oxazole rings is 1. The molecule has 0 amide bonds. The van der Waals surface area contributed by atoms with Crippen LogP contribution in [0.25, 0.3) is 5.57 Å². The molecule has 2 rings (SSSR count). The summed E-state index contributed by atoms with van der Waals surface area (Å²) in [5.74, 6) is 1.66. The summed E-state index contributed by atoms with van der Waals surface area (Å²) < 4.78 is 5.46. The van der Waals surface area contributed by atoms with Crippen molar-refractivity contribution >= 4 is 5.57 Å². The van der Waals surface area contributed by atoms with E-state index < -0.39 is 0 Å². The highest BCUT2D eigenvalue weighted by Crippen LogP contribution is 2.25. The Morgan fingerprint density at radius 2 is 2.23 bits per heavy atom. The average molecular weight is 175 g/mol. The van der Waals surface area contributed by atoms with E-state index in [0.29, 0.717) is 0 Å². The summed E-state index contributed by atoms with van der Waals surface area (Å²) in [5, 5.41) is 0. The van der Waals surface area contributed by atoms with Crippen molar-refractivity contribution in [3.05, 3.63) is 35.6 Å². The zero-order valence-electron chi connectivity index (χ0n) is 8.00. The van der Waals surface area contributed by atoms with Crippen LogP contribution in [0.15, 0.2) is 28.3 Å². The lowest BCUT2D eigenvalue weighted by molar-refractivity contribution is 0.510. The standard InChI is InChI=1S/C11H13NO/c1-8-4-3-5-10(6-8)11-12-7-9(2)13-11/h4,6-7H,3,5H2,1-2H3. The number of aryl methyl sites for hydroxylation is 1. The van der Waals surface area contributed by atoms with Gasteiger partial charge in [0.05, 0.1) is 6.20 Å². The summed E-state index contributed by atoms with van der Waals surface area (Å²) in [6, 6.07) is 0. The summed E-state index contributed by atoms with van der Waals surface area (Å²) >= 11 is 0. The fraction of sp³-hybridized carbons (Fsp3) is 0.364. The van der Waals surface area contributed by atoms with Gasteiger partial charge in [-0.1, -0.05) is 17.7 Å². The predicted molar refractivity (Wildman–Crippen MR) is 52.2 cm³/mol. The van der Waals surface area contributed by atoms with E-state index in [0.717, 1.165) is 24.5 Å². The Balaban J connectivity index is 2.31. The smallest absolute Gasteiger partial charge is 0.222 e. The van der Waals surface area contributed by atoms with Gasteiger partial charge in [0.25, 0.3) is 0 Å². The average Bonchev–Trinajstić information content (AvgIpc) is 2.52. The molecule has 1 aromatic rings. The Morgan fingerprint density at radius 1 is 1.38 bits per heavy atom. The van der Waals surface area contributed by atoms with E-state index in [1.54, 1.807) is 6.20 Å². The Hall–Kier alpha value is -1.31. The molecule has 68 valence electrons. The predicted octanol–water partition coefficient (Wildman–Crippen LogP) is 3.11. The van der Waals surface area contributed by atoms with Gasteiger partial charge in [0.1, 0.15) is 5.76 Å². The fourth-order valence-corrected chi connectivity index (χ4v) is 1.53. The first kappa shape index (κ1) is 8.30. The lowest BCUT2D eigenvalue weighted by atomic mass is 10.0. The maximum absolute atomic E-state index is 5.46. The second kappa shape index (κ2) is 3.21. The van der Waals surface area contributed by atoms with Gasteiger partial charge in [0.2, 0.25) is 5.89 Å². The van der Waals surface area contributed by atoms with Crippen LogP contribution < -0.4 is 0 Å². The minimum Gasteiger partial charge on any atom is -0.442 e. The monoisotopic (exact) mass is 175 g/mol. The molecule has 0 aromatic carbocycles. The summed E-state index contributed by atoms with van der Waals surface area (Å²) in [4.78, 5) is 4.21. The van der Waals surface area contributed by atoms with Gasteiger partial charge in [-0.05, 0) is 26.7 Å². The third-order valence-electron chi connectivity index (χ3n) is 2.18. The molecular formula is C11H13NO. The molecule has 0 radical (unpaired) electrons. The van der Waals surface area contributed by atoms with Gasteiger partial charge in [-0.2, -0.15) is 0 Å². The Morgan fingerprint density at radius 3 is 2.85 bits per heavy atom. The van der Waals surface area contributed by atoms with Gasteiger partial charge >= 0.3 is 0 Å². The van der Waals surface area contributed by atoms with Crippen molar-refractivity contribution in [3.63, 3.8) is 0 Å². The molecule has 0 atom stereocenters. The SMILES string of the molecule is CC1=CCCC(c2ncc(C)o2)=C1. The first-order chi connectivity index (χ1) is 6.25. The van der Waals surface area contributed by atoms with Gasteiger partial charge in [-0.3, -0.25) is 0 Å². The van der Waals surface area contributed by atoms with Crippen molar-refractivity contribution in [1.29, 1.82) is 0 Å². The highest BCUT2D eigenvalue weighted by molar-refractivity contribution is 5.63. The van der Waals surface area contributed by atoms with Crippen molar-refractivity contribution < 1.29 is 4.42 Å². The Bertz CT molecular complexity index is 371. The number of nitrogens with zero attached hydrogens (tertiary/aromatic N) is 1. The van der Waals surface area contributed by atoms with E-state index >= 15 is 0 Å². The first-order valence-corrected chi connectivity index (χ1v) is 4.56. The van der Waals surface area contributed by atoms with Crippen LogP contribution in [0.2, 0.25) is 0 Å². The first-order valence-electron chi connectivity index (χ1n) is 4.56. The van der Waals surface area contributed by atoms with Gasteiger partial charge in [-0.15, -0.1) is 0 Å². The number of hydrogen-bond acceptors (Lipinski definition) is 2. The third-order valence-corrected chi connectivity index (χ3v) is 2.18.